The minimum absolute atomic E-state index is 0.636. The normalized spacial score (nSPS) is 25.1. The summed E-state index contributed by atoms with van der Waals surface area (Å²) in [7, 11) is 1.70. The molecule has 1 aromatic rings. The van der Waals surface area contributed by atoms with Crippen LogP contribution in [0.15, 0.2) is 18.2 Å². The smallest absolute Gasteiger partial charge is 0.120 e. The van der Waals surface area contributed by atoms with E-state index in [0.717, 1.165) is 12.3 Å². The van der Waals surface area contributed by atoms with E-state index in [1.54, 1.807) is 7.11 Å². The Morgan fingerprint density at radius 2 is 2.14 bits per heavy atom. The molecule has 1 heterocycles. The Balaban J connectivity index is 2.38. The quantitative estimate of drug-likeness (QED) is 0.737. The third-order valence-electron chi connectivity index (χ3n) is 3.22. The van der Waals surface area contributed by atoms with Gasteiger partial charge in [0.15, 0.2) is 0 Å². The predicted molar refractivity (Wildman–Crippen MR) is 59.1 cm³/mol. The summed E-state index contributed by atoms with van der Waals surface area (Å²) in [5.41, 5.74) is 2.64. The van der Waals surface area contributed by atoms with Crippen LogP contribution in [0.3, 0.4) is 0 Å². The molecule has 2 nitrogen and oxygen atoms in total. The number of methoxy groups -OCH3 is 1. The second kappa shape index (κ2) is 3.52. The van der Waals surface area contributed by atoms with Crippen LogP contribution in [0.2, 0.25) is 0 Å². The molecule has 0 fully saturated rings. The molecule has 1 aliphatic rings. The lowest BCUT2D eigenvalue weighted by molar-refractivity contribution is 0.413. The fourth-order valence-electron chi connectivity index (χ4n) is 1.97. The SMILES string of the molecule is COc1ccc2c(c1)NCC(C)C2C. The van der Waals surface area contributed by atoms with Crippen molar-refractivity contribution >= 4 is 5.69 Å². The first-order valence-corrected chi connectivity index (χ1v) is 5.14. The molecule has 2 atom stereocenters. The molecule has 1 aliphatic heterocycles. The van der Waals surface area contributed by atoms with Crippen LogP contribution in [0.4, 0.5) is 5.69 Å². The highest BCUT2D eigenvalue weighted by Gasteiger charge is 2.22. The van der Waals surface area contributed by atoms with Crippen LogP contribution in [-0.2, 0) is 0 Å². The monoisotopic (exact) mass is 191 g/mol. The lowest BCUT2D eigenvalue weighted by Gasteiger charge is -2.30. The van der Waals surface area contributed by atoms with Crippen LogP contribution in [0, 0.1) is 5.92 Å². The van der Waals surface area contributed by atoms with Crippen molar-refractivity contribution < 1.29 is 4.74 Å². The van der Waals surface area contributed by atoms with Crippen molar-refractivity contribution in [3.05, 3.63) is 23.8 Å². The second-order valence-corrected chi connectivity index (χ2v) is 4.10. The maximum absolute atomic E-state index is 5.20. The molecule has 2 rings (SSSR count). The lowest BCUT2D eigenvalue weighted by atomic mass is 9.85. The fraction of sp³-hybridized carbons (Fsp3) is 0.500. The molecule has 0 saturated heterocycles. The lowest BCUT2D eigenvalue weighted by Crippen LogP contribution is -2.23. The van der Waals surface area contributed by atoms with Gasteiger partial charge < -0.3 is 10.1 Å². The fourth-order valence-corrected chi connectivity index (χ4v) is 1.97. The number of benzene rings is 1. The number of hydrogen-bond donors (Lipinski definition) is 1. The molecule has 2 heteroatoms. The molecular weight excluding hydrogens is 174 g/mol. The first kappa shape index (κ1) is 9.38. The summed E-state index contributed by atoms with van der Waals surface area (Å²) >= 11 is 0. The Kier molecular flexibility index (Phi) is 2.36. The summed E-state index contributed by atoms with van der Waals surface area (Å²) in [5.74, 6) is 2.27. The molecule has 0 aromatic heterocycles. The highest BCUT2D eigenvalue weighted by molar-refractivity contribution is 5.58. The zero-order chi connectivity index (χ0) is 10.1. The van der Waals surface area contributed by atoms with Crippen LogP contribution in [-0.4, -0.2) is 13.7 Å². The van der Waals surface area contributed by atoms with E-state index in [4.69, 9.17) is 4.74 Å². The molecule has 14 heavy (non-hydrogen) atoms. The Labute approximate surface area is 85.3 Å². The summed E-state index contributed by atoms with van der Waals surface area (Å²) in [6, 6.07) is 6.29. The molecule has 0 bridgehead atoms. The highest BCUT2D eigenvalue weighted by atomic mass is 16.5. The molecule has 0 amide bonds. The zero-order valence-corrected chi connectivity index (χ0v) is 9.00. The van der Waals surface area contributed by atoms with Gasteiger partial charge in [-0.3, -0.25) is 0 Å². The Morgan fingerprint density at radius 3 is 2.86 bits per heavy atom. The molecule has 0 saturated carbocycles. The van der Waals surface area contributed by atoms with Crippen molar-refractivity contribution in [3.63, 3.8) is 0 Å². The van der Waals surface area contributed by atoms with E-state index >= 15 is 0 Å². The van der Waals surface area contributed by atoms with E-state index < -0.39 is 0 Å². The van der Waals surface area contributed by atoms with Gasteiger partial charge in [0.1, 0.15) is 5.75 Å². The number of rotatable bonds is 1. The first-order valence-electron chi connectivity index (χ1n) is 5.14. The summed E-state index contributed by atoms with van der Waals surface area (Å²) in [4.78, 5) is 0. The number of ether oxygens (including phenoxy) is 1. The van der Waals surface area contributed by atoms with E-state index in [9.17, 15) is 0 Å². The van der Waals surface area contributed by atoms with Gasteiger partial charge in [-0.15, -0.1) is 0 Å². The molecule has 1 aromatic carbocycles. The minimum Gasteiger partial charge on any atom is -0.497 e. The van der Waals surface area contributed by atoms with Gasteiger partial charge in [-0.2, -0.15) is 0 Å². The van der Waals surface area contributed by atoms with Crippen LogP contribution < -0.4 is 10.1 Å². The Morgan fingerprint density at radius 1 is 1.36 bits per heavy atom. The third-order valence-corrected chi connectivity index (χ3v) is 3.22. The molecule has 2 unspecified atom stereocenters. The Bertz CT molecular complexity index is 335. The van der Waals surface area contributed by atoms with Crippen molar-refractivity contribution in [2.24, 2.45) is 5.92 Å². The van der Waals surface area contributed by atoms with Crippen molar-refractivity contribution in [3.8, 4) is 5.75 Å². The van der Waals surface area contributed by atoms with E-state index in [1.165, 1.54) is 11.3 Å². The van der Waals surface area contributed by atoms with Gasteiger partial charge in [-0.05, 0) is 23.5 Å². The summed E-state index contributed by atoms with van der Waals surface area (Å²) in [6.07, 6.45) is 0. The van der Waals surface area contributed by atoms with Gasteiger partial charge in [0.2, 0.25) is 0 Å². The average molecular weight is 191 g/mol. The predicted octanol–water partition coefficient (Wildman–Crippen LogP) is 2.86. The maximum Gasteiger partial charge on any atom is 0.120 e. The van der Waals surface area contributed by atoms with Crippen molar-refractivity contribution in [2.45, 2.75) is 19.8 Å². The average Bonchev–Trinajstić information content (AvgIpc) is 2.23. The van der Waals surface area contributed by atoms with Gasteiger partial charge in [0, 0.05) is 18.3 Å². The van der Waals surface area contributed by atoms with Crippen molar-refractivity contribution in [2.75, 3.05) is 19.0 Å². The van der Waals surface area contributed by atoms with E-state index in [2.05, 4.69) is 31.3 Å². The number of fused-ring (bicyclic) bond motifs is 1. The van der Waals surface area contributed by atoms with Gasteiger partial charge in [0.05, 0.1) is 7.11 Å². The van der Waals surface area contributed by atoms with Gasteiger partial charge in [0.25, 0.3) is 0 Å². The topological polar surface area (TPSA) is 21.3 Å². The Hall–Kier alpha value is -1.18. The number of anilines is 1. The summed E-state index contributed by atoms with van der Waals surface area (Å²) < 4.78 is 5.20. The molecule has 76 valence electrons. The van der Waals surface area contributed by atoms with Crippen molar-refractivity contribution in [1.29, 1.82) is 0 Å². The molecular formula is C12H17NO. The van der Waals surface area contributed by atoms with E-state index in [0.29, 0.717) is 11.8 Å². The van der Waals surface area contributed by atoms with Crippen LogP contribution in [0.1, 0.15) is 25.3 Å². The van der Waals surface area contributed by atoms with E-state index in [1.807, 2.05) is 6.07 Å². The van der Waals surface area contributed by atoms with Crippen LogP contribution >= 0.6 is 0 Å². The van der Waals surface area contributed by atoms with E-state index in [-0.39, 0.29) is 0 Å². The zero-order valence-electron chi connectivity index (χ0n) is 9.00. The molecule has 0 aliphatic carbocycles. The van der Waals surface area contributed by atoms with Gasteiger partial charge in [-0.1, -0.05) is 19.9 Å². The van der Waals surface area contributed by atoms with Crippen LogP contribution in [0.5, 0.6) is 5.75 Å². The van der Waals surface area contributed by atoms with Crippen LogP contribution in [0.25, 0.3) is 0 Å². The summed E-state index contributed by atoms with van der Waals surface area (Å²) in [6.45, 7) is 5.63. The highest BCUT2D eigenvalue weighted by Crippen LogP contribution is 2.36. The standard InChI is InChI=1S/C12H17NO/c1-8-7-13-12-6-10(14-3)4-5-11(12)9(8)2/h4-6,8-9,13H,7H2,1-3H3. The van der Waals surface area contributed by atoms with Gasteiger partial charge >= 0.3 is 0 Å². The largest absolute Gasteiger partial charge is 0.497 e. The first-order chi connectivity index (χ1) is 6.72. The summed E-state index contributed by atoms with van der Waals surface area (Å²) in [5, 5.41) is 3.44. The third kappa shape index (κ3) is 1.45. The molecule has 1 N–H and O–H groups in total. The number of nitrogens with one attached hydrogen (secondary N) is 1. The molecule has 0 spiro atoms. The minimum atomic E-state index is 0.636. The number of hydrogen-bond acceptors (Lipinski definition) is 2. The van der Waals surface area contributed by atoms with Crippen molar-refractivity contribution in [1.82, 2.24) is 0 Å². The van der Waals surface area contributed by atoms with Gasteiger partial charge in [-0.25, -0.2) is 0 Å². The molecule has 0 radical (unpaired) electrons. The maximum atomic E-state index is 5.20. The second-order valence-electron chi connectivity index (χ2n) is 4.10.